The Morgan fingerprint density at radius 3 is 2.79 bits per heavy atom. The van der Waals surface area contributed by atoms with E-state index in [1.54, 1.807) is 18.2 Å². The molecule has 0 aliphatic carbocycles. The van der Waals surface area contributed by atoms with Crippen molar-refractivity contribution >= 4 is 17.5 Å². The summed E-state index contributed by atoms with van der Waals surface area (Å²) in [5, 5.41) is 12.1. The third-order valence-corrected chi connectivity index (χ3v) is 4.55. The molecule has 0 saturated heterocycles. The summed E-state index contributed by atoms with van der Waals surface area (Å²) >= 11 is 0. The van der Waals surface area contributed by atoms with Crippen molar-refractivity contribution in [2.75, 3.05) is 6.54 Å². The van der Waals surface area contributed by atoms with Gasteiger partial charge in [0, 0.05) is 36.5 Å². The second kappa shape index (κ2) is 9.14. The van der Waals surface area contributed by atoms with Crippen molar-refractivity contribution in [3.05, 3.63) is 59.9 Å². The van der Waals surface area contributed by atoms with E-state index in [1.165, 1.54) is 0 Å². The maximum atomic E-state index is 12.0. The lowest BCUT2D eigenvalue weighted by atomic mass is 10.1. The Balaban J connectivity index is 1.74. The van der Waals surface area contributed by atoms with Crippen LogP contribution < -0.4 is 11.1 Å². The minimum atomic E-state index is -0.972. The van der Waals surface area contributed by atoms with Crippen LogP contribution in [0.2, 0.25) is 0 Å². The van der Waals surface area contributed by atoms with Gasteiger partial charge in [0.15, 0.2) is 0 Å². The van der Waals surface area contributed by atoms with E-state index >= 15 is 0 Å². The number of amides is 1. The molecule has 0 aliphatic heterocycles. The molecule has 0 saturated carbocycles. The minimum absolute atomic E-state index is 0.0139. The predicted octanol–water partition coefficient (Wildman–Crippen LogP) is 2.83. The number of carbonyl (C=O) groups excluding carboxylic acids is 1. The second-order valence-electron chi connectivity index (χ2n) is 6.65. The van der Waals surface area contributed by atoms with Gasteiger partial charge in [-0.2, -0.15) is 0 Å². The Hall–Kier alpha value is -3.19. The van der Waals surface area contributed by atoms with E-state index in [1.807, 2.05) is 35.0 Å². The van der Waals surface area contributed by atoms with Crippen LogP contribution in [-0.4, -0.2) is 32.9 Å². The molecule has 3 rings (SSSR count). The molecule has 28 heavy (non-hydrogen) atoms. The van der Waals surface area contributed by atoms with Crippen molar-refractivity contribution in [3.63, 3.8) is 0 Å². The summed E-state index contributed by atoms with van der Waals surface area (Å²) in [7, 11) is 0. The topological polar surface area (TPSA) is 110 Å². The highest BCUT2D eigenvalue weighted by Crippen LogP contribution is 2.22. The average Bonchev–Trinajstić information content (AvgIpc) is 3.14. The first-order valence-electron chi connectivity index (χ1n) is 9.35. The minimum Gasteiger partial charge on any atom is -0.478 e. The molecule has 0 unspecified atom stereocenters. The fourth-order valence-electron chi connectivity index (χ4n) is 3.05. The summed E-state index contributed by atoms with van der Waals surface area (Å²) in [5.74, 6) is -0.958. The highest BCUT2D eigenvalue weighted by atomic mass is 16.4. The van der Waals surface area contributed by atoms with Gasteiger partial charge in [-0.05, 0) is 37.6 Å². The Kier molecular flexibility index (Phi) is 6.39. The van der Waals surface area contributed by atoms with Crippen molar-refractivity contribution in [1.82, 2.24) is 14.7 Å². The summed E-state index contributed by atoms with van der Waals surface area (Å²) < 4.78 is 1.88. The van der Waals surface area contributed by atoms with Gasteiger partial charge in [-0.3, -0.25) is 4.79 Å². The molecule has 0 aliphatic rings. The first kappa shape index (κ1) is 19.6. The van der Waals surface area contributed by atoms with Gasteiger partial charge >= 0.3 is 5.97 Å². The number of imidazole rings is 1. The molecule has 3 aromatic rings. The van der Waals surface area contributed by atoms with E-state index in [-0.39, 0.29) is 11.5 Å². The number of benzene rings is 1. The van der Waals surface area contributed by atoms with Gasteiger partial charge < -0.3 is 20.6 Å². The number of fused-ring (bicyclic) bond motifs is 1. The van der Waals surface area contributed by atoms with Gasteiger partial charge in [0.25, 0.3) is 0 Å². The third kappa shape index (κ3) is 4.75. The molecular formula is C21H24N4O3. The quantitative estimate of drug-likeness (QED) is 0.495. The van der Waals surface area contributed by atoms with Crippen LogP contribution in [0.1, 0.15) is 41.6 Å². The Morgan fingerprint density at radius 2 is 2.00 bits per heavy atom. The predicted molar refractivity (Wildman–Crippen MR) is 107 cm³/mol. The summed E-state index contributed by atoms with van der Waals surface area (Å²) in [4.78, 5) is 27.9. The maximum absolute atomic E-state index is 12.0. The number of carbonyl (C=O) groups is 2. The number of carboxylic acids is 1. The molecular weight excluding hydrogens is 356 g/mol. The third-order valence-electron chi connectivity index (χ3n) is 4.55. The molecule has 4 N–H and O–H groups in total. The van der Waals surface area contributed by atoms with Gasteiger partial charge in [0.2, 0.25) is 5.91 Å². The molecule has 0 bridgehead atoms. The second-order valence-corrected chi connectivity index (χ2v) is 6.65. The van der Waals surface area contributed by atoms with Crippen molar-refractivity contribution in [2.45, 2.75) is 32.2 Å². The molecule has 0 spiro atoms. The SMILES string of the molecule is NCCCCCC(=O)NCc1cccn2cc(-c3cccc(C(=O)O)c3)nc12. The van der Waals surface area contributed by atoms with E-state index in [9.17, 15) is 14.7 Å². The standard InChI is InChI=1S/C21H24N4O3/c22-10-3-1-2-9-19(26)23-13-17-8-5-11-25-14-18(24-20(17)25)15-6-4-7-16(12-15)21(27)28/h4-8,11-12,14H,1-3,9-10,13,22H2,(H,23,26)(H,27,28). The van der Waals surface area contributed by atoms with E-state index in [0.717, 1.165) is 36.0 Å². The molecule has 2 aromatic heterocycles. The zero-order chi connectivity index (χ0) is 19.9. The molecule has 0 atom stereocenters. The number of carboxylic acid groups (broad SMARTS) is 1. The van der Waals surface area contributed by atoms with Gasteiger partial charge in [-0.25, -0.2) is 9.78 Å². The number of hydrogen-bond donors (Lipinski definition) is 3. The number of nitrogens with one attached hydrogen (secondary N) is 1. The Morgan fingerprint density at radius 1 is 1.14 bits per heavy atom. The van der Waals surface area contributed by atoms with Crippen LogP contribution in [0.5, 0.6) is 0 Å². The number of rotatable bonds is 9. The van der Waals surface area contributed by atoms with Crippen LogP contribution >= 0.6 is 0 Å². The summed E-state index contributed by atoms with van der Waals surface area (Å²) in [5.41, 5.74) is 8.74. The molecule has 1 aromatic carbocycles. The first-order chi connectivity index (χ1) is 13.6. The maximum Gasteiger partial charge on any atom is 0.335 e. The lowest BCUT2D eigenvalue weighted by Crippen LogP contribution is -2.22. The van der Waals surface area contributed by atoms with Crippen LogP contribution in [-0.2, 0) is 11.3 Å². The van der Waals surface area contributed by atoms with Crippen LogP contribution in [0.3, 0.4) is 0 Å². The summed E-state index contributed by atoms with van der Waals surface area (Å²) in [6.45, 7) is 1.05. The molecule has 1 amide bonds. The van der Waals surface area contributed by atoms with Gasteiger partial charge in [-0.15, -0.1) is 0 Å². The van der Waals surface area contributed by atoms with Crippen molar-refractivity contribution in [2.24, 2.45) is 5.73 Å². The number of aromatic nitrogens is 2. The Labute approximate surface area is 163 Å². The zero-order valence-corrected chi connectivity index (χ0v) is 15.6. The number of pyridine rings is 1. The number of aromatic carboxylic acids is 1. The largest absolute Gasteiger partial charge is 0.478 e. The normalized spacial score (nSPS) is 10.9. The van der Waals surface area contributed by atoms with Crippen molar-refractivity contribution < 1.29 is 14.7 Å². The zero-order valence-electron chi connectivity index (χ0n) is 15.6. The number of nitrogens with zero attached hydrogens (tertiary/aromatic N) is 2. The lowest BCUT2D eigenvalue weighted by Gasteiger charge is -2.06. The van der Waals surface area contributed by atoms with E-state index in [0.29, 0.717) is 25.2 Å². The van der Waals surface area contributed by atoms with Crippen LogP contribution in [0, 0.1) is 0 Å². The van der Waals surface area contributed by atoms with Crippen molar-refractivity contribution in [3.8, 4) is 11.3 Å². The van der Waals surface area contributed by atoms with Gasteiger partial charge in [-0.1, -0.05) is 24.6 Å². The average molecular weight is 380 g/mol. The monoisotopic (exact) mass is 380 g/mol. The first-order valence-corrected chi connectivity index (χ1v) is 9.35. The molecule has 2 heterocycles. The molecule has 7 nitrogen and oxygen atoms in total. The van der Waals surface area contributed by atoms with Crippen LogP contribution in [0.25, 0.3) is 16.9 Å². The molecule has 0 radical (unpaired) electrons. The molecule has 7 heteroatoms. The fraction of sp³-hybridized carbons (Fsp3) is 0.286. The smallest absolute Gasteiger partial charge is 0.335 e. The fourth-order valence-corrected chi connectivity index (χ4v) is 3.05. The number of nitrogens with two attached hydrogens (primary N) is 1. The van der Waals surface area contributed by atoms with Crippen molar-refractivity contribution in [1.29, 1.82) is 0 Å². The summed E-state index contributed by atoms with van der Waals surface area (Å²) in [6, 6.07) is 10.5. The number of hydrogen-bond acceptors (Lipinski definition) is 4. The molecule has 146 valence electrons. The van der Waals surface area contributed by atoms with Crippen LogP contribution in [0.15, 0.2) is 48.8 Å². The highest BCUT2D eigenvalue weighted by Gasteiger charge is 2.11. The van der Waals surface area contributed by atoms with E-state index in [2.05, 4.69) is 10.3 Å². The van der Waals surface area contributed by atoms with Gasteiger partial charge in [0.1, 0.15) is 5.65 Å². The summed E-state index contributed by atoms with van der Waals surface area (Å²) in [6.07, 6.45) is 6.95. The van der Waals surface area contributed by atoms with Gasteiger partial charge in [0.05, 0.1) is 11.3 Å². The van der Waals surface area contributed by atoms with Crippen LogP contribution in [0.4, 0.5) is 0 Å². The Bertz CT molecular complexity index is 981. The van der Waals surface area contributed by atoms with E-state index in [4.69, 9.17) is 5.73 Å². The lowest BCUT2D eigenvalue weighted by molar-refractivity contribution is -0.121. The number of unbranched alkanes of at least 4 members (excludes halogenated alkanes) is 2. The molecule has 0 fully saturated rings. The van der Waals surface area contributed by atoms with E-state index < -0.39 is 5.97 Å². The highest BCUT2D eigenvalue weighted by molar-refractivity contribution is 5.89.